The molecule has 0 fully saturated rings. The van der Waals surface area contributed by atoms with Gasteiger partial charge in [-0.1, -0.05) is 90.5 Å². The van der Waals surface area contributed by atoms with Crippen LogP contribution in [0.2, 0.25) is 5.02 Å². The standard InChI is InChI=1S/C31H17ClS/c32-18-13-14-21-26(17-18)31(23-10-4-1-7-19(23)20-8-2-5-11-24(20)31)25-15-16-28-30(29(21)25)22-9-3-6-12-27(22)33-28/h1-17H. The fourth-order valence-electron chi connectivity index (χ4n) is 6.41. The summed E-state index contributed by atoms with van der Waals surface area (Å²) in [5, 5.41) is 3.50. The minimum absolute atomic E-state index is 0.347. The molecule has 1 aromatic heterocycles. The molecule has 5 aromatic carbocycles. The van der Waals surface area contributed by atoms with Gasteiger partial charge in [-0.25, -0.2) is 0 Å². The molecule has 1 heterocycles. The Morgan fingerprint density at radius 1 is 0.545 bits per heavy atom. The van der Waals surface area contributed by atoms with Gasteiger partial charge in [0.05, 0.1) is 5.41 Å². The molecular formula is C31H17ClS. The minimum Gasteiger partial charge on any atom is -0.135 e. The van der Waals surface area contributed by atoms with Crippen molar-refractivity contribution in [2.24, 2.45) is 0 Å². The zero-order valence-electron chi connectivity index (χ0n) is 17.6. The first-order chi connectivity index (χ1) is 16.3. The fraction of sp³-hybridized carbons (Fsp3) is 0.0323. The number of benzene rings is 5. The monoisotopic (exact) mass is 456 g/mol. The van der Waals surface area contributed by atoms with Crippen molar-refractivity contribution in [3.8, 4) is 22.3 Å². The summed E-state index contributed by atoms with van der Waals surface area (Å²) in [6.45, 7) is 0. The van der Waals surface area contributed by atoms with Crippen LogP contribution >= 0.6 is 22.9 Å². The third-order valence-corrected chi connectivity index (χ3v) is 8.93. The molecule has 2 aliphatic rings. The first kappa shape index (κ1) is 18.1. The Hall–Kier alpha value is -3.39. The van der Waals surface area contributed by atoms with E-state index in [-0.39, 0.29) is 5.41 Å². The topological polar surface area (TPSA) is 0 Å². The minimum atomic E-state index is -0.347. The zero-order chi connectivity index (χ0) is 21.7. The maximum atomic E-state index is 6.68. The molecule has 0 unspecified atom stereocenters. The zero-order valence-corrected chi connectivity index (χ0v) is 19.2. The highest BCUT2D eigenvalue weighted by atomic mass is 35.5. The van der Waals surface area contributed by atoms with E-state index in [0.717, 1.165) is 5.02 Å². The fourth-order valence-corrected chi connectivity index (χ4v) is 7.70. The highest BCUT2D eigenvalue weighted by Gasteiger charge is 2.52. The van der Waals surface area contributed by atoms with Gasteiger partial charge in [0.15, 0.2) is 0 Å². The Morgan fingerprint density at radius 2 is 1.24 bits per heavy atom. The maximum Gasteiger partial charge on any atom is 0.0726 e. The third kappa shape index (κ3) is 2.04. The number of fused-ring (bicyclic) bond motifs is 14. The smallest absolute Gasteiger partial charge is 0.0726 e. The quantitative estimate of drug-likeness (QED) is 0.213. The lowest BCUT2D eigenvalue weighted by molar-refractivity contribution is 0.794. The van der Waals surface area contributed by atoms with E-state index in [4.69, 9.17) is 11.6 Å². The van der Waals surface area contributed by atoms with Gasteiger partial charge in [0.25, 0.3) is 0 Å². The van der Waals surface area contributed by atoms with E-state index in [0.29, 0.717) is 0 Å². The second kappa shape index (κ2) is 6.14. The van der Waals surface area contributed by atoms with Crippen molar-refractivity contribution < 1.29 is 0 Å². The van der Waals surface area contributed by atoms with Crippen LogP contribution in [0.1, 0.15) is 22.3 Å². The number of rotatable bonds is 0. The molecule has 6 aromatic rings. The Morgan fingerprint density at radius 3 is 2.03 bits per heavy atom. The normalized spacial score (nSPS) is 14.5. The van der Waals surface area contributed by atoms with Crippen LogP contribution in [0.25, 0.3) is 42.4 Å². The summed E-state index contributed by atoms with van der Waals surface area (Å²) in [5.41, 5.74) is 10.3. The first-order valence-corrected chi connectivity index (χ1v) is 12.4. The van der Waals surface area contributed by atoms with Crippen molar-refractivity contribution in [1.82, 2.24) is 0 Å². The number of thiophene rings is 1. The number of halogens is 1. The van der Waals surface area contributed by atoms with Gasteiger partial charge in [-0.15, -0.1) is 11.3 Å². The van der Waals surface area contributed by atoms with Crippen LogP contribution in [0.4, 0.5) is 0 Å². The van der Waals surface area contributed by atoms with Gasteiger partial charge in [-0.05, 0) is 68.8 Å². The molecule has 0 nitrogen and oxygen atoms in total. The molecule has 0 atom stereocenters. The number of hydrogen-bond donors (Lipinski definition) is 0. The van der Waals surface area contributed by atoms with Gasteiger partial charge in [0.2, 0.25) is 0 Å². The van der Waals surface area contributed by atoms with Crippen LogP contribution in [0.3, 0.4) is 0 Å². The van der Waals surface area contributed by atoms with E-state index >= 15 is 0 Å². The molecule has 0 saturated heterocycles. The Balaban J connectivity index is 1.65. The van der Waals surface area contributed by atoms with Gasteiger partial charge >= 0.3 is 0 Å². The highest BCUT2D eigenvalue weighted by molar-refractivity contribution is 7.26. The van der Waals surface area contributed by atoms with Crippen LogP contribution in [0.15, 0.2) is 103 Å². The largest absolute Gasteiger partial charge is 0.135 e. The van der Waals surface area contributed by atoms with E-state index in [1.165, 1.54) is 64.7 Å². The van der Waals surface area contributed by atoms with Crippen molar-refractivity contribution >= 4 is 43.1 Å². The van der Waals surface area contributed by atoms with Gasteiger partial charge in [0, 0.05) is 25.2 Å². The van der Waals surface area contributed by atoms with Crippen LogP contribution < -0.4 is 0 Å². The molecule has 2 heteroatoms. The molecule has 1 spiro atoms. The molecule has 0 saturated carbocycles. The van der Waals surface area contributed by atoms with Crippen molar-refractivity contribution in [2.75, 3.05) is 0 Å². The second-order valence-corrected chi connectivity index (χ2v) is 10.5. The van der Waals surface area contributed by atoms with Crippen LogP contribution in [-0.2, 0) is 5.41 Å². The van der Waals surface area contributed by atoms with Gasteiger partial charge in [0.1, 0.15) is 0 Å². The highest BCUT2D eigenvalue weighted by Crippen LogP contribution is 2.64. The van der Waals surface area contributed by atoms with Gasteiger partial charge in [-0.3, -0.25) is 0 Å². The summed E-state index contributed by atoms with van der Waals surface area (Å²) in [6.07, 6.45) is 0. The second-order valence-electron chi connectivity index (χ2n) is 8.99. The Kier molecular flexibility index (Phi) is 3.36. The van der Waals surface area contributed by atoms with Crippen LogP contribution in [-0.4, -0.2) is 0 Å². The first-order valence-electron chi connectivity index (χ1n) is 11.2. The number of hydrogen-bond acceptors (Lipinski definition) is 1. The van der Waals surface area contributed by atoms with Gasteiger partial charge in [-0.2, -0.15) is 0 Å². The molecule has 33 heavy (non-hydrogen) atoms. The van der Waals surface area contributed by atoms with Crippen LogP contribution in [0, 0.1) is 0 Å². The molecule has 154 valence electrons. The van der Waals surface area contributed by atoms with Crippen molar-refractivity contribution in [2.45, 2.75) is 5.41 Å². The molecule has 8 rings (SSSR count). The van der Waals surface area contributed by atoms with Crippen molar-refractivity contribution in [3.05, 3.63) is 130 Å². The van der Waals surface area contributed by atoms with Gasteiger partial charge < -0.3 is 0 Å². The third-order valence-electron chi connectivity index (χ3n) is 7.55. The lowest BCUT2D eigenvalue weighted by atomic mass is 9.70. The van der Waals surface area contributed by atoms with E-state index in [2.05, 4.69) is 97.1 Å². The van der Waals surface area contributed by atoms with E-state index in [1.807, 2.05) is 17.4 Å². The van der Waals surface area contributed by atoms with E-state index < -0.39 is 0 Å². The van der Waals surface area contributed by atoms with E-state index in [9.17, 15) is 0 Å². The SMILES string of the molecule is Clc1ccc2c(c1)C1(c3ccccc3-c3ccccc31)c1ccc3sc4ccccc4c3c1-2. The average Bonchev–Trinajstić information content (AvgIpc) is 3.47. The Bertz CT molecular complexity index is 1740. The maximum absolute atomic E-state index is 6.68. The van der Waals surface area contributed by atoms with Crippen LogP contribution in [0.5, 0.6) is 0 Å². The molecule has 0 aliphatic heterocycles. The molecular weight excluding hydrogens is 440 g/mol. The summed E-state index contributed by atoms with van der Waals surface area (Å²) < 4.78 is 2.68. The molecule has 0 bridgehead atoms. The molecule has 0 radical (unpaired) electrons. The summed E-state index contributed by atoms with van der Waals surface area (Å²) in [4.78, 5) is 0. The summed E-state index contributed by atoms with van der Waals surface area (Å²) in [6, 6.07) is 37.8. The average molecular weight is 457 g/mol. The molecule has 2 aliphatic carbocycles. The van der Waals surface area contributed by atoms with E-state index in [1.54, 1.807) is 0 Å². The summed E-state index contributed by atoms with van der Waals surface area (Å²) in [5.74, 6) is 0. The molecule has 0 N–H and O–H groups in total. The summed E-state index contributed by atoms with van der Waals surface area (Å²) in [7, 11) is 0. The lowest BCUT2D eigenvalue weighted by Gasteiger charge is -2.30. The lowest BCUT2D eigenvalue weighted by Crippen LogP contribution is -2.25. The van der Waals surface area contributed by atoms with Crippen molar-refractivity contribution in [3.63, 3.8) is 0 Å². The predicted molar refractivity (Wildman–Crippen MR) is 141 cm³/mol. The Labute approximate surface area is 200 Å². The van der Waals surface area contributed by atoms with Crippen molar-refractivity contribution in [1.29, 1.82) is 0 Å². The molecule has 0 amide bonds. The summed E-state index contributed by atoms with van der Waals surface area (Å²) >= 11 is 8.56. The predicted octanol–water partition coefficient (Wildman–Crippen LogP) is 9.05.